The maximum atomic E-state index is 12.8. The molecule has 2 rings (SSSR count). The highest BCUT2D eigenvalue weighted by molar-refractivity contribution is 5.84. The smallest absolute Gasteiger partial charge is 0.193 e. The number of fused-ring (bicyclic) bond motifs is 1. The van der Waals surface area contributed by atoms with Crippen LogP contribution >= 0.6 is 0 Å². The van der Waals surface area contributed by atoms with Gasteiger partial charge in [-0.1, -0.05) is 30.4 Å². The van der Waals surface area contributed by atoms with E-state index in [2.05, 4.69) is 4.99 Å². The van der Waals surface area contributed by atoms with Crippen LogP contribution in [0.2, 0.25) is 0 Å². The van der Waals surface area contributed by atoms with Crippen molar-refractivity contribution in [3.8, 4) is 0 Å². The van der Waals surface area contributed by atoms with Gasteiger partial charge in [0.15, 0.2) is 5.97 Å². The van der Waals surface area contributed by atoms with Crippen LogP contribution in [-0.4, -0.2) is 5.97 Å². The summed E-state index contributed by atoms with van der Waals surface area (Å²) in [6.07, 6.45) is 3.98. The first kappa shape index (κ1) is 7.22. The Bertz CT molecular complexity index is 353. The number of halogens is 1. The van der Waals surface area contributed by atoms with Gasteiger partial charge < -0.3 is 0 Å². The molecule has 0 unspecified atom stereocenters. The van der Waals surface area contributed by atoms with Crippen LogP contribution in [0.5, 0.6) is 0 Å². The maximum Gasteiger partial charge on any atom is 0.193 e. The normalized spacial score (nSPS) is 14.9. The van der Waals surface area contributed by atoms with E-state index in [0.717, 1.165) is 5.56 Å². The van der Waals surface area contributed by atoms with Crippen molar-refractivity contribution in [3.63, 3.8) is 0 Å². The highest BCUT2D eigenvalue weighted by Crippen LogP contribution is 2.23. The minimum absolute atomic E-state index is 0.300. The number of benzene rings is 1. The second kappa shape index (κ2) is 2.89. The first-order valence-corrected chi connectivity index (χ1v) is 3.85. The van der Waals surface area contributed by atoms with Crippen molar-refractivity contribution in [1.29, 1.82) is 0 Å². The van der Waals surface area contributed by atoms with Gasteiger partial charge in [0.2, 0.25) is 0 Å². The number of hydrogen-bond acceptors (Lipinski definition) is 1. The molecule has 1 aliphatic rings. The monoisotopic (exact) mass is 161 g/mol. The zero-order valence-corrected chi connectivity index (χ0v) is 6.50. The summed E-state index contributed by atoms with van der Waals surface area (Å²) >= 11 is 0. The van der Waals surface area contributed by atoms with E-state index in [1.54, 1.807) is 6.08 Å². The number of para-hydroxylation sites is 1. The highest BCUT2D eigenvalue weighted by atomic mass is 19.1. The lowest BCUT2D eigenvalue weighted by Crippen LogP contribution is -1.81. The largest absolute Gasteiger partial charge is 0.223 e. The van der Waals surface area contributed by atoms with E-state index in [4.69, 9.17) is 0 Å². The van der Waals surface area contributed by atoms with Crippen molar-refractivity contribution in [2.24, 2.45) is 4.99 Å². The van der Waals surface area contributed by atoms with E-state index in [9.17, 15) is 4.39 Å². The lowest BCUT2D eigenvalue weighted by molar-refractivity contribution is 0.785. The number of aliphatic imine (C=N–C) groups is 1. The summed E-state index contributed by atoms with van der Waals surface area (Å²) in [6, 6.07) is 7.51. The van der Waals surface area contributed by atoms with Gasteiger partial charge in [0.05, 0.1) is 5.69 Å². The van der Waals surface area contributed by atoms with Gasteiger partial charge >= 0.3 is 0 Å². The van der Waals surface area contributed by atoms with Gasteiger partial charge in [0, 0.05) is 6.42 Å². The Balaban J connectivity index is 2.58. The Labute approximate surface area is 70.3 Å². The van der Waals surface area contributed by atoms with Crippen molar-refractivity contribution in [2.75, 3.05) is 0 Å². The SMILES string of the molecule is FC1=Nc2ccccc2C=CC1. The molecule has 2 heteroatoms. The second-order valence-electron chi connectivity index (χ2n) is 2.65. The van der Waals surface area contributed by atoms with Gasteiger partial charge in [-0.15, -0.1) is 0 Å². The lowest BCUT2D eigenvalue weighted by Gasteiger charge is -1.96. The number of rotatable bonds is 0. The fourth-order valence-electron chi connectivity index (χ4n) is 1.19. The zero-order valence-electron chi connectivity index (χ0n) is 6.50. The van der Waals surface area contributed by atoms with E-state index >= 15 is 0 Å². The van der Waals surface area contributed by atoms with Crippen LogP contribution in [0.15, 0.2) is 35.3 Å². The van der Waals surface area contributed by atoms with Crippen molar-refractivity contribution in [2.45, 2.75) is 6.42 Å². The Hall–Kier alpha value is -1.44. The minimum atomic E-state index is -0.323. The molecule has 0 N–H and O–H groups in total. The predicted molar refractivity (Wildman–Crippen MR) is 48.3 cm³/mol. The van der Waals surface area contributed by atoms with Gasteiger partial charge in [0.1, 0.15) is 0 Å². The van der Waals surface area contributed by atoms with Gasteiger partial charge in [-0.05, 0) is 11.6 Å². The lowest BCUT2D eigenvalue weighted by atomic mass is 10.2. The highest BCUT2D eigenvalue weighted by Gasteiger charge is 2.02. The minimum Gasteiger partial charge on any atom is -0.223 e. The molecule has 0 aliphatic carbocycles. The van der Waals surface area contributed by atoms with Crippen molar-refractivity contribution >= 4 is 17.7 Å². The van der Waals surface area contributed by atoms with E-state index in [0.29, 0.717) is 12.1 Å². The third kappa shape index (κ3) is 1.28. The third-order valence-corrected chi connectivity index (χ3v) is 1.76. The molecule has 1 aliphatic heterocycles. The van der Waals surface area contributed by atoms with Crippen LogP contribution in [0, 0.1) is 0 Å². The summed E-state index contributed by atoms with van der Waals surface area (Å²) in [5.74, 6) is -0.323. The van der Waals surface area contributed by atoms with Crippen LogP contribution in [-0.2, 0) is 0 Å². The molecule has 60 valence electrons. The summed E-state index contributed by atoms with van der Waals surface area (Å²) in [6.45, 7) is 0. The van der Waals surface area contributed by atoms with E-state index in [1.807, 2.05) is 30.3 Å². The molecule has 1 heterocycles. The van der Waals surface area contributed by atoms with E-state index in [1.165, 1.54) is 0 Å². The molecule has 12 heavy (non-hydrogen) atoms. The Morgan fingerprint density at radius 2 is 2.08 bits per heavy atom. The molecule has 0 fully saturated rings. The van der Waals surface area contributed by atoms with Crippen molar-refractivity contribution < 1.29 is 4.39 Å². The molecular formula is C10H8FN. The van der Waals surface area contributed by atoms with Gasteiger partial charge in [-0.25, -0.2) is 4.99 Å². The Morgan fingerprint density at radius 1 is 1.25 bits per heavy atom. The van der Waals surface area contributed by atoms with Gasteiger partial charge in [-0.3, -0.25) is 0 Å². The molecule has 0 amide bonds. The molecule has 0 saturated heterocycles. The van der Waals surface area contributed by atoms with Crippen LogP contribution in [0.25, 0.3) is 6.08 Å². The summed E-state index contributed by atoms with van der Waals surface area (Å²) in [5.41, 5.74) is 1.69. The summed E-state index contributed by atoms with van der Waals surface area (Å²) in [5, 5.41) is 0. The summed E-state index contributed by atoms with van der Waals surface area (Å²) in [7, 11) is 0. The first-order chi connectivity index (χ1) is 5.86. The van der Waals surface area contributed by atoms with Crippen LogP contribution in [0.4, 0.5) is 10.1 Å². The molecular weight excluding hydrogens is 153 g/mol. The third-order valence-electron chi connectivity index (χ3n) is 1.76. The molecule has 1 aromatic carbocycles. The topological polar surface area (TPSA) is 12.4 Å². The molecule has 0 bridgehead atoms. The Kier molecular flexibility index (Phi) is 1.74. The molecule has 0 aromatic heterocycles. The quantitative estimate of drug-likeness (QED) is 0.554. The predicted octanol–water partition coefficient (Wildman–Crippen LogP) is 3.10. The molecule has 0 spiro atoms. The number of nitrogens with zero attached hydrogens (tertiary/aromatic N) is 1. The average Bonchev–Trinajstić information content (AvgIpc) is 2.25. The van der Waals surface area contributed by atoms with Crippen molar-refractivity contribution in [3.05, 3.63) is 35.9 Å². The standard InChI is InChI=1S/C10H8FN/c11-10-7-3-5-8-4-1-2-6-9(8)12-10/h1-6H,7H2. The van der Waals surface area contributed by atoms with Crippen LogP contribution < -0.4 is 0 Å². The zero-order chi connectivity index (χ0) is 8.39. The molecule has 0 atom stereocenters. The number of hydrogen-bond donors (Lipinski definition) is 0. The van der Waals surface area contributed by atoms with Crippen LogP contribution in [0.1, 0.15) is 12.0 Å². The average molecular weight is 161 g/mol. The van der Waals surface area contributed by atoms with E-state index in [-0.39, 0.29) is 5.97 Å². The molecule has 1 aromatic rings. The number of allylic oxidation sites excluding steroid dienone is 1. The Morgan fingerprint density at radius 3 is 3.00 bits per heavy atom. The molecule has 1 nitrogen and oxygen atoms in total. The van der Waals surface area contributed by atoms with Crippen molar-refractivity contribution in [1.82, 2.24) is 0 Å². The second-order valence-corrected chi connectivity index (χ2v) is 2.65. The van der Waals surface area contributed by atoms with Gasteiger partial charge in [0.25, 0.3) is 0 Å². The maximum absolute atomic E-state index is 12.8. The fraction of sp³-hybridized carbons (Fsp3) is 0.100. The molecule has 0 saturated carbocycles. The molecule has 0 radical (unpaired) electrons. The summed E-state index contributed by atoms with van der Waals surface area (Å²) in [4.78, 5) is 3.83. The fourth-order valence-corrected chi connectivity index (χ4v) is 1.19. The van der Waals surface area contributed by atoms with Gasteiger partial charge in [-0.2, -0.15) is 4.39 Å². The van der Waals surface area contributed by atoms with E-state index < -0.39 is 0 Å². The first-order valence-electron chi connectivity index (χ1n) is 3.85. The summed E-state index contributed by atoms with van der Waals surface area (Å²) < 4.78 is 12.8. The van der Waals surface area contributed by atoms with Crippen LogP contribution in [0.3, 0.4) is 0 Å².